The first-order valence-corrected chi connectivity index (χ1v) is 18.7. The third-order valence-corrected chi connectivity index (χ3v) is 14.1. The molecule has 14 nitrogen and oxygen atoms in total. The van der Waals surface area contributed by atoms with Crippen molar-refractivity contribution in [3.8, 4) is 11.1 Å². The Labute approximate surface area is 311 Å². The Morgan fingerprint density at radius 2 is 1.06 bits per heavy atom. The number of benzene rings is 2. The van der Waals surface area contributed by atoms with Crippen LogP contribution in [0.25, 0.3) is 11.1 Å². The number of ketones is 2. The number of aromatic nitrogens is 4. The van der Waals surface area contributed by atoms with Crippen molar-refractivity contribution >= 4 is 23.8 Å². The van der Waals surface area contributed by atoms with Crippen molar-refractivity contribution in [3.63, 3.8) is 0 Å². The average Bonchev–Trinajstić information content (AvgIpc) is 4.04. The Morgan fingerprint density at radius 3 is 1.37 bits per heavy atom. The molecule has 4 aromatic rings. The number of fused-ring (bicyclic) bond motifs is 4. The fourth-order valence-electron chi connectivity index (χ4n) is 11.7. The second-order valence-electron chi connectivity index (χ2n) is 16.0. The van der Waals surface area contributed by atoms with E-state index in [4.69, 9.17) is 9.47 Å². The number of hydrogen-bond acceptors (Lipinski definition) is 10. The second kappa shape index (κ2) is 11.1. The van der Waals surface area contributed by atoms with Crippen LogP contribution in [-0.4, -0.2) is 104 Å². The van der Waals surface area contributed by atoms with Gasteiger partial charge in [-0.15, -0.1) is 0 Å². The first-order chi connectivity index (χ1) is 26.0. The summed E-state index contributed by atoms with van der Waals surface area (Å²) in [6, 6.07) is 14.9. The maximum atomic E-state index is 14.8. The van der Waals surface area contributed by atoms with E-state index in [0.717, 1.165) is 59.8 Å². The molecule has 8 aliphatic rings. The van der Waals surface area contributed by atoms with E-state index in [0.29, 0.717) is 24.2 Å². The van der Waals surface area contributed by atoms with Crippen molar-refractivity contribution in [2.75, 3.05) is 27.3 Å². The predicted molar refractivity (Wildman–Crippen MR) is 194 cm³/mol. The van der Waals surface area contributed by atoms with Crippen molar-refractivity contribution in [3.05, 3.63) is 95.1 Å². The van der Waals surface area contributed by atoms with Gasteiger partial charge in [0.25, 0.3) is 0 Å². The Kier molecular flexibility index (Phi) is 6.84. The summed E-state index contributed by atoms with van der Waals surface area (Å²) in [5, 5.41) is 6.05. The molecule has 4 bridgehead atoms. The number of aromatic amines is 2. The molecule has 10 heterocycles. The minimum atomic E-state index is -1.32. The molecule has 54 heavy (non-hydrogen) atoms. The van der Waals surface area contributed by atoms with Gasteiger partial charge < -0.3 is 19.4 Å². The van der Waals surface area contributed by atoms with Crippen LogP contribution in [0.5, 0.6) is 0 Å². The Bertz CT molecular complexity index is 2040. The van der Waals surface area contributed by atoms with Crippen LogP contribution < -0.4 is 10.6 Å². The second-order valence-corrected chi connectivity index (χ2v) is 16.0. The molecule has 8 aliphatic heterocycles. The fraction of sp³-hybridized carbons (Fsp3) is 0.450. The van der Waals surface area contributed by atoms with Gasteiger partial charge in [-0.3, -0.25) is 30.0 Å². The molecule has 4 fully saturated rings. The maximum Gasteiger partial charge on any atom is 0.408 e. The summed E-state index contributed by atoms with van der Waals surface area (Å²) in [5.74, 6) is 1.07. The highest BCUT2D eigenvalue weighted by Gasteiger charge is 2.79. The highest BCUT2D eigenvalue weighted by Crippen LogP contribution is 2.67. The number of alkyl carbamates (subject to hydrolysis) is 2. The molecule has 0 saturated carbocycles. The standard InChI is InChI=1S/C40H42N8O6/c1-37(29-25-19-41-33(29)43-25)27-7-5-17-47(27)39(37,45-35(51)53-3)31(49)23-13-9-21(10-14-23)22-11-15-24(16-12-22)32(50)40(46-36(52)54-4)38(2,28-8-6-18-48(28)40)30-26-20-42-34(30)44-26/h9-16,19-20,27-30H,5-8,17-18H2,1-4H3,(H,41,43)(H,42,44)(H,45,51)(H,46,52)/t27-,28-,29+,30+,37+,38+,39-,40-/m1/s1. The third kappa shape index (κ3) is 3.77. The number of methoxy groups -OCH3 is 2. The van der Waals surface area contributed by atoms with Crippen molar-refractivity contribution in [1.29, 1.82) is 0 Å². The largest absolute Gasteiger partial charge is 0.453 e. The van der Waals surface area contributed by atoms with Gasteiger partial charge in [-0.25, -0.2) is 19.6 Å². The lowest BCUT2D eigenvalue weighted by Crippen LogP contribution is -2.87. The van der Waals surface area contributed by atoms with E-state index in [1.807, 2.05) is 36.7 Å². The topological polar surface area (TPSA) is 175 Å². The SMILES string of the molecule is COC(=O)N[C@]1(C(=O)c2ccc(-c3ccc(C(=O)[C@@]4(NC(=O)OC)N5CCC[C@@H]5[C@@]4(C)[C@H]4c5cnc4[nH]5)cc3)cc2)N2CCC[C@@H]2[C@@]1(C)[C@H]1c2cnc1[nH]2. The summed E-state index contributed by atoms with van der Waals surface area (Å²) in [6.45, 7) is 5.54. The molecule has 0 radical (unpaired) electrons. The van der Waals surface area contributed by atoms with Gasteiger partial charge in [0, 0.05) is 70.9 Å². The number of rotatable bonds is 9. The van der Waals surface area contributed by atoms with Gasteiger partial charge in [0.15, 0.2) is 11.3 Å². The Morgan fingerprint density at radius 1 is 0.667 bits per heavy atom. The van der Waals surface area contributed by atoms with Gasteiger partial charge in [0.1, 0.15) is 11.6 Å². The van der Waals surface area contributed by atoms with E-state index in [-0.39, 0.29) is 35.5 Å². The van der Waals surface area contributed by atoms with E-state index < -0.39 is 34.3 Å². The molecule has 8 atom stereocenters. The number of carbonyl (C=O) groups excluding carboxylic acids is 4. The molecular formula is C40H42N8O6. The average molecular weight is 731 g/mol. The zero-order chi connectivity index (χ0) is 37.4. The molecular weight excluding hydrogens is 688 g/mol. The lowest BCUT2D eigenvalue weighted by Gasteiger charge is -2.69. The number of amides is 2. The van der Waals surface area contributed by atoms with Gasteiger partial charge in [0.05, 0.1) is 26.1 Å². The summed E-state index contributed by atoms with van der Waals surface area (Å²) in [4.78, 5) is 75.3. The number of carbonyl (C=O) groups is 4. The van der Waals surface area contributed by atoms with Gasteiger partial charge in [-0.2, -0.15) is 0 Å². The van der Waals surface area contributed by atoms with Crippen LogP contribution >= 0.6 is 0 Å². The summed E-state index contributed by atoms with van der Waals surface area (Å²) < 4.78 is 10.2. The quantitative estimate of drug-likeness (QED) is 0.179. The van der Waals surface area contributed by atoms with Crippen LogP contribution in [0.1, 0.15) is 95.1 Å². The third-order valence-electron chi connectivity index (χ3n) is 14.1. The van der Waals surface area contributed by atoms with E-state index in [1.165, 1.54) is 14.2 Å². The lowest BCUT2D eigenvalue weighted by atomic mass is 9.51. The summed E-state index contributed by atoms with van der Waals surface area (Å²) in [7, 11) is 2.62. The molecule has 14 heteroatoms. The van der Waals surface area contributed by atoms with E-state index in [1.54, 1.807) is 24.3 Å². The van der Waals surface area contributed by atoms with E-state index in [9.17, 15) is 19.2 Å². The minimum absolute atomic E-state index is 0.0964. The molecule has 4 saturated heterocycles. The van der Waals surface area contributed by atoms with Crippen molar-refractivity contribution < 1.29 is 28.7 Å². The van der Waals surface area contributed by atoms with Crippen LogP contribution in [0.15, 0.2) is 60.9 Å². The zero-order valence-corrected chi connectivity index (χ0v) is 30.6. The van der Waals surface area contributed by atoms with Gasteiger partial charge >= 0.3 is 12.2 Å². The number of nitrogens with zero attached hydrogens (tertiary/aromatic N) is 4. The van der Waals surface area contributed by atoms with E-state index >= 15 is 0 Å². The van der Waals surface area contributed by atoms with Crippen LogP contribution in [-0.2, 0) is 9.47 Å². The van der Waals surface area contributed by atoms with Crippen molar-refractivity contribution in [2.24, 2.45) is 10.8 Å². The monoisotopic (exact) mass is 730 g/mol. The molecule has 0 aliphatic carbocycles. The number of H-pyrrole nitrogens is 2. The molecule has 4 N–H and O–H groups in total. The normalized spacial score (nSPS) is 33.9. The molecule has 278 valence electrons. The molecule has 0 spiro atoms. The number of ether oxygens (including phenoxy) is 2. The van der Waals surface area contributed by atoms with Gasteiger partial charge in [0.2, 0.25) is 11.6 Å². The molecule has 2 amide bonds. The van der Waals surface area contributed by atoms with Crippen LogP contribution in [0.3, 0.4) is 0 Å². The van der Waals surface area contributed by atoms with Crippen LogP contribution in [0, 0.1) is 10.8 Å². The van der Waals surface area contributed by atoms with Crippen molar-refractivity contribution in [1.82, 2.24) is 40.4 Å². The molecule has 2 aromatic heterocycles. The summed E-state index contributed by atoms with van der Waals surface area (Å²) >= 11 is 0. The number of nitrogens with one attached hydrogen (secondary N) is 4. The lowest BCUT2D eigenvalue weighted by molar-refractivity contribution is -0.179. The predicted octanol–water partition coefficient (Wildman–Crippen LogP) is 4.53. The zero-order valence-electron chi connectivity index (χ0n) is 30.6. The number of Topliss-reactive ketones (excluding diaryl/α,β-unsaturated/α-hetero) is 2. The Balaban J connectivity index is 0.949. The minimum Gasteiger partial charge on any atom is -0.453 e. The Hall–Kier alpha value is -5.34. The van der Waals surface area contributed by atoms with E-state index in [2.05, 4.69) is 54.2 Å². The number of hydrogen-bond donors (Lipinski definition) is 4. The van der Waals surface area contributed by atoms with Crippen molar-refractivity contribution in [2.45, 2.75) is 74.8 Å². The summed E-state index contributed by atoms with van der Waals surface area (Å²) in [5.41, 5.74) is 0.643. The first-order valence-electron chi connectivity index (χ1n) is 18.7. The fourth-order valence-corrected chi connectivity index (χ4v) is 11.7. The molecule has 12 rings (SSSR count). The highest BCUT2D eigenvalue weighted by molar-refractivity contribution is 6.08. The highest BCUT2D eigenvalue weighted by atomic mass is 16.5. The summed E-state index contributed by atoms with van der Waals surface area (Å²) in [6.07, 6.45) is 6.00. The number of imidazole rings is 2. The molecule has 2 aromatic carbocycles. The molecule has 0 unspecified atom stereocenters. The van der Waals surface area contributed by atoms with Gasteiger partial charge in [-0.1, -0.05) is 62.4 Å². The van der Waals surface area contributed by atoms with Crippen LogP contribution in [0.4, 0.5) is 9.59 Å². The maximum absolute atomic E-state index is 14.8. The van der Waals surface area contributed by atoms with Crippen LogP contribution in [0.2, 0.25) is 0 Å². The first kappa shape index (κ1) is 33.2. The smallest absolute Gasteiger partial charge is 0.408 e. The van der Waals surface area contributed by atoms with Gasteiger partial charge in [-0.05, 0) is 36.8 Å².